The average Bonchev–Trinajstić information content (AvgIpc) is 2.67. The molecule has 2 rings (SSSR count). The van der Waals surface area contributed by atoms with Crippen LogP contribution in [0, 0.1) is 18.8 Å². The molecule has 0 aliphatic heterocycles. The molecule has 0 radical (unpaired) electrons. The molecule has 1 saturated carbocycles. The number of aromatic nitrogens is 2. The Morgan fingerprint density at radius 3 is 2.81 bits per heavy atom. The van der Waals surface area contributed by atoms with Gasteiger partial charge < -0.3 is 5.32 Å². The number of rotatable bonds is 4. The number of aryl methyl sites for hydroxylation is 1. The third-order valence-electron chi connectivity index (χ3n) is 3.54. The van der Waals surface area contributed by atoms with E-state index in [0.717, 1.165) is 34.9 Å². The standard InChI is InChI=1S/C12H21N3S/c1-9-5-3-4-6-11(9)7-13-8-12-15-14-10(2)16-12/h9,11,13H,3-8H2,1-2H3. The summed E-state index contributed by atoms with van der Waals surface area (Å²) in [6.45, 7) is 6.42. The average molecular weight is 239 g/mol. The van der Waals surface area contributed by atoms with Crippen molar-refractivity contribution < 1.29 is 0 Å². The molecule has 1 aromatic rings. The van der Waals surface area contributed by atoms with Crippen LogP contribution < -0.4 is 5.32 Å². The Bertz CT molecular complexity index is 324. The molecular formula is C12H21N3S. The summed E-state index contributed by atoms with van der Waals surface area (Å²) in [5.74, 6) is 1.75. The summed E-state index contributed by atoms with van der Waals surface area (Å²) in [6, 6.07) is 0. The SMILES string of the molecule is Cc1nnc(CNCC2CCCCC2C)s1. The van der Waals surface area contributed by atoms with Crippen molar-refractivity contribution in [2.75, 3.05) is 6.54 Å². The molecule has 0 spiro atoms. The van der Waals surface area contributed by atoms with Gasteiger partial charge in [0.2, 0.25) is 0 Å². The zero-order chi connectivity index (χ0) is 11.4. The predicted molar refractivity (Wildman–Crippen MR) is 67.5 cm³/mol. The van der Waals surface area contributed by atoms with Gasteiger partial charge in [-0.05, 0) is 31.7 Å². The second kappa shape index (κ2) is 5.73. The van der Waals surface area contributed by atoms with E-state index in [1.165, 1.54) is 25.7 Å². The second-order valence-electron chi connectivity index (χ2n) is 4.87. The molecule has 1 fully saturated rings. The molecule has 3 nitrogen and oxygen atoms in total. The van der Waals surface area contributed by atoms with Gasteiger partial charge in [-0.25, -0.2) is 0 Å². The fourth-order valence-corrected chi connectivity index (χ4v) is 3.15. The van der Waals surface area contributed by atoms with Crippen LogP contribution >= 0.6 is 11.3 Å². The molecule has 0 saturated heterocycles. The van der Waals surface area contributed by atoms with E-state index in [1.54, 1.807) is 11.3 Å². The topological polar surface area (TPSA) is 37.8 Å². The molecule has 90 valence electrons. The number of nitrogens with zero attached hydrogens (tertiary/aromatic N) is 2. The third kappa shape index (κ3) is 3.25. The number of hydrogen-bond acceptors (Lipinski definition) is 4. The molecule has 16 heavy (non-hydrogen) atoms. The smallest absolute Gasteiger partial charge is 0.131 e. The summed E-state index contributed by atoms with van der Waals surface area (Å²) < 4.78 is 0. The van der Waals surface area contributed by atoms with Crippen LogP contribution in [0.1, 0.15) is 42.6 Å². The first kappa shape index (κ1) is 12.0. The van der Waals surface area contributed by atoms with Crippen molar-refractivity contribution in [2.24, 2.45) is 11.8 Å². The van der Waals surface area contributed by atoms with E-state index in [2.05, 4.69) is 22.4 Å². The van der Waals surface area contributed by atoms with Crippen molar-refractivity contribution in [3.63, 3.8) is 0 Å². The van der Waals surface area contributed by atoms with Crippen LogP contribution in [0.15, 0.2) is 0 Å². The van der Waals surface area contributed by atoms with Crippen molar-refractivity contribution in [1.29, 1.82) is 0 Å². The van der Waals surface area contributed by atoms with Gasteiger partial charge in [0.15, 0.2) is 0 Å². The molecule has 4 heteroatoms. The molecule has 2 unspecified atom stereocenters. The summed E-state index contributed by atoms with van der Waals surface area (Å²) in [4.78, 5) is 0. The molecule has 1 aromatic heterocycles. The summed E-state index contributed by atoms with van der Waals surface area (Å²) in [6.07, 6.45) is 5.63. The Balaban J connectivity index is 1.71. The van der Waals surface area contributed by atoms with Crippen molar-refractivity contribution in [3.8, 4) is 0 Å². The van der Waals surface area contributed by atoms with E-state index in [1.807, 2.05) is 6.92 Å². The molecule has 1 aliphatic carbocycles. The van der Waals surface area contributed by atoms with E-state index in [0.29, 0.717) is 0 Å². The first-order valence-electron chi connectivity index (χ1n) is 6.25. The van der Waals surface area contributed by atoms with Crippen LogP contribution in [0.2, 0.25) is 0 Å². The Kier molecular flexibility index (Phi) is 4.29. The highest BCUT2D eigenvalue weighted by atomic mass is 32.1. The van der Waals surface area contributed by atoms with Gasteiger partial charge in [-0.1, -0.05) is 26.2 Å². The second-order valence-corrected chi connectivity index (χ2v) is 6.13. The van der Waals surface area contributed by atoms with Gasteiger partial charge in [0.1, 0.15) is 10.0 Å². The molecule has 1 N–H and O–H groups in total. The maximum atomic E-state index is 4.12. The van der Waals surface area contributed by atoms with Gasteiger partial charge in [-0.15, -0.1) is 21.5 Å². The van der Waals surface area contributed by atoms with Crippen LogP contribution in [0.4, 0.5) is 0 Å². The third-order valence-corrected chi connectivity index (χ3v) is 4.38. The highest BCUT2D eigenvalue weighted by Gasteiger charge is 2.20. The maximum absolute atomic E-state index is 4.12. The minimum absolute atomic E-state index is 0.864. The molecule has 0 bridgehead atoms. The fourth-order valence-electron chi connectivity index (χ4n) is 2.47. The molecule has 1 aliphatic rings. The van der Waals surface area contributed by atoms with Crippen LogP contribution in [0.5, 0.6) is 0 Å². The molecular weight excluding hydrogens is 218 g/mol. The van der Waals surface area contributed by atoms with E-state index >= 15 is 0 Å². The maximum Gasteiger partial charge on any atom is 0.131 e. The Labute approximate surface area is 102 Å². The summed E-state index contributed by atoms with van der Waals surface area (Å²) >= 11 is 1.69. The molecule has 1 heterocycles. The van der Waals surface area contributed by atoms with E-state index in [-0.39, 0.29) is 0 Å². The predicted octanol–water partition coefficient (Wildman–Crippen LogP) is 2.76. The van der Waals surface area contributed by atoms with Gasteiger partial charge in [-0.3, -0.25) is 0 Å². The van der Waals surface area contributed by atoms with Crippen LogP contribution in [-0.4, -0.2) is 16.7 Å². The van der Waals surface area contributed by atoms with E-state index < -0.39 is 0 Å². The van der Waals surface area contributed by atoms with E-state index in [4.69, 9.17) is 0 Å². The quantitative estimate of drug-likeness (QED) is 0.878. The highest BCUT2D eigenvalue weighted by molar-refractivity contribution is 7.11. The number of nitrogens with one attached hydrogen (secondary N) is 1. The normalized spacial score (nSPS) is 25.9. The van der Waals surface area contributed by atoms with Gasteiger partial charge in [0.05, 0.1) is 0 Å². The van der Waals surface area contributed by atoms with Crippen molar-refractivity contribution in [1.82, 2.24) is 15.5 Å². The van der Waals surface area contributed by atoms with Crippen molar-refractivity contribution in [2.45, 2.75) is 46.1 Å². The summed E-state index contributed by atoms with van der Waals surface area (Å²) in [5, 5.41) is 13.8. The largest absolute Gasteiger partial charge is 0.310 e. The Hall–Kier alpha value is -0.480. The molecule has 0 aromatic carbocycles. The zero-order valence-electron chi connectivity index (χ0n) is 10.2. The zero-order valence-corrected chi connectivity index (χ0v) is 11.0. The van der Waals surface area contributed by atoms with Gasteiger partial charge in [-0.2, -0.15) is 0 Å². The first-order valence-corrected chi connectivity index (χ1v) is 7.07. The Morgan fingerprint density at radius 2 is 2.12 bits per heavy atom. The van der Waals surface area contributed by atoms with Gasteiger partial charge in [0, 0.05) is 6.54 Å². The van der Waals surface area contributed by atoms with Gasteiger partial charge >= 0.3 is 0 Å². The lowest BCUT2D eigenvalue weighted by molar-refractivity contribution is 0.247. The lowest BCUT2D eigenvalue weighted by atomic mass is 9.80. The van der Waals surface area contributed by atoms with E-state index in [9.17, 15) is 0 Å². The van der Waals surface area contributed by atoms with Crippen LogP contribution in [0.25, 0.3) is 0 Å². The van der Waals surface area contributed by atoms with Crippen LogP contribution in [-0.2, 0) is 6.54 Å². The minimum atomic E-state index is 0.864. The highest BCUT2D eigenvalue weighted by Crippen LogP contribution is 2.28. The number of hydrogen-bond donors (Lipinski definition) is 1. The monoisotopic (exact) mass is 239 g/mol. The van der Waals surface area contributed by atoms with Gasteiger partial charge in [0.25, 0.3) is 0 Å². The summed E-state index contributed by atoms with van der Waals surface area (Å²) in [5.41, 5.74) is 0. The lowest BCUT2D eigenvalue weighted by Crippen LogP contribution is -2.29. The lowest BCUT2D eigenvalue weighted by Gasteiger charge is -2.28. The first-order chi connectivity index (χ1) is 7.75. The summed E-state index contributed by atoms with van der Waals surface area (Å²) in [7, 11) is 0. The van der Waals surface area contributed by atoms with Crippen LogP contribution in [0.3, 0.4) is 0 Å². The molecule has 0 amide bonds. The molecule has 2 atom stereocenters. The van der Waals surface area contributed by atoms with Crippen molar-refractivity contribution >= 4 is 11.3 Å². The van der Waals surface area contributed by atoms with Crippen molar-refractivity contribution in [3.05, 3.63) is 10.0 Å². The fraction of sp³-hybridized carbons (Fsp3) is 0.833. The Morgan fingerprint density at radius 1 is 1.31 bits per heavy atom. The minimum Gasteiger partial charge on any atom is -0.310 e.